The molecule has 1 saturated heterocycles. The third kappa shape index (κ3) is 2.52. The number of fused-ring (bicyclic) bond motifs is 2. The Bertz CT molecular complexity index is 854. The Morgan fingerprint density at radius 1 is 1.40 bits per heavy atom. The lowest BCUT2D eigenvalue weighted by Gasteiger charge is -2.33. The van der Waals surface area contributed by atoms with Gasteiger partial charge in [-0.1, -0.05) is 18.2 Å². The van der Waals surface area contributed by atoms with Gasteiger partial charge >= 0.3 is 6.03 Å². The van der Waals surface area contributed by atoms with Crippen molar-refractivity contribution in [2.24, 2.45) is 0 Å². The highest BCUT2D eigenvalue weighted by Crippen LogP contribution is 2.40. The van der Waals surface area contributed by atoms with Crippen molar-refractivity contribution in [1.29, 1.82) is 0 Å². The van der Waals surface area contributed by atoms with Crippen LogP contribution in [0.4, 0.5) is 9.93 Å². The number of benzene rings is 1. The number of carbonyl (C=O) groups is 3. The summed E-state index contributed by atoms with van der Waals surface area (Å²) in [4.78, 5) is 42.4. The van der Waals surface area contributed by atoms with Crippen molar-refractivity contribution in [3.8, 4) is 5.75 Å². The van der Waals surface area contributed by atoms with E-state index in [4.69, 9.17) is 4.74 Å². The third-order valence-electron chi connectivity index (χ3n) is 4.24. The number of hydrogen-bond donors (Lipinski definition) is 2. The summed E-state index contributed by atoms with van der Waals surface area (Å²) in [6.45, 7) is -0.0583. The van der Waals surface area contributed by atoms with E-state index < -0.39 is 23.4 Å². The SMILES string of the molecule is O=C(CN1C(=O)N[C@@]2(CCOc3ccccc32)C1=O)Nc1nccs1. The summed E-state index contributed by atoms with van der Waals surface area (Å²) in [7, 11) is 0. The number of ether oxygens (including phenoxy) is 1. The fraction of sp³-hybridized carbons (Fsp3) is 0.250. The number of anilines is 1. The summed E-state index contributed by atoms with van der Waals surface area (Å²) in [5.41, 5.74) is -0.560. The van der Waals surface area contributed by atoms with Crippen molar-refractivity contribution >= 4 is 34.3 Å². The number of nitrogens with one attached hydrogen (secondary N) is 2. The first-order valence-electron chi connectivity index (χ1n) is 7.66. The first-order valence-corrected chi connectivity index (χ1v) is 8.54. The van der Waals surface area contributed by atoms with Crippen LogP contribution in [-0.4, -0.2) is 40.9 Å². The van der Waals surface area contributed by atoms with E-state index in [9.17, 15) is 14.4 Å². The first-order chi connectivity index (χ1) is 12.1. The lowest BCUT2D eigenvalue weighted by atomic mass is 9.84. The van der Waals surface area contributed by atoms with Gasteiger partial charge < -0.3 is 15.4 Å². The topological polar surface area (TPSA) is 101 Å². The number of urea groups is 1. The Morgan fingerprint density at radius 3 is 3.04 bits per heavy atom. The summed E-state index contributed by atoms with van der Waals surface area (Å²) in [5.74, 6) is -0.352. The summed E-state index contributed by atoms with van der Waals surface area (Å²) < 4.78 is 5.57. The van der Waals surface area contributed by atoms with E-state index in [2.05, 4.69) is 15.6 Å². The van der Waals surface area contributed by atoms with Crippen molar-refractivity contribution < 1.29 is 19.1 Å². The second-order valence-corrected chi connectivity index (χ2v) is 6.60. The summed E-state index contributed by atoms with van der Waals surface area (Å²) in [5, 5.41) is 7.46. The van der Waals surface area contributed by atoms with Crippen LogP contribution < -0.4 is 15.4 Å². The molecule has 0 saturated carbocycles. The van der Waals surface area contributed by atoms with Gasteiger partial charge in [-0.25, -0.2) is 9.78 Å². The van der Waals surface area contributed by atoms with Gasteiger partial charge in [0.25, 0.3) is 5.91 Å². The highest BCUT2D eigenvalue weighted by Gasteiger charge is 2.55. The predicted molar refractivity (Wildman–Crippen MR) is 89.2 cm³/mol. The zero-order valence-corrected chi connectivity index (χ0v) is 13.8. The quantitative estimate of drug-likeness (QED) is 0.806. The molecule has 9 heteroatoms. The van der Waals surface area contributed by atoms with Gasteiger partial charge in [-0.3, -0.25) is 14.5 Å². The highest BCUT2D eigenvalue weighted by molar-refractivity contribution is 7.13. The van der Waals surface area contributed by atoms with Gasteiger partial charge in [0, 0.05) is 23.6 Å². The van der Waals surface area contributed by atoms with Gasteiger partial charge in [-0.05, 0) is 6.07 Å². The normalized spacial score (nSPS) is 21.7. The summed E-state index contributed by atoms with van der Waals surface area (Å²) >= 11 is 1.26. The van der Waals surface area contributed by atoms with E-state index in [0.717, 1.165) is 4.90 Å². The van der Waals surface area contributed by atoms with E-state index in [0.29, 0.717) is 29.5 Å². The van der Waals surface area contributed by atoms with E-state index in [-0.39, 0.29) is 6.54 Å². The van der Waals surface area contributed by atoms with E-state index >= 15 is 0 Å². The van der Waals surface area contributed by atoms with Gasteiger partial charge in [0.1, 0.15) is 12.3 Å². The van der Waals surface area contributed by atoms with Crippen LogP contribution in [0.1, 0.15) is 12.0 Å². The molecule has 0 aliphatic carbocycles. The molecule has 3 heterocycles. The molecule has 1 fully saturated rings. The van der Waals surface area contributed by atoms with E-state index in [1.165, 1.54) is 11.3 Å². The molecule has 1 aromatic carbocycles. The lowest BCUT2D eigenvalue weighted by Crippen LogP contribution is -2.48. The van der Waals surface area contributed by atoms with Crippen LogP contribution in [0.5, 0.6) is 5.75 Å². The second-order valence-electron chi connectivity index (χ2n) is 5.71. The summed E-state index contributed by atoms with van der Waals surface area (Å²) in [6.07, 6.45) is 1.88. The number of hydrogen-bond acceptors (Lipinski definition) is 6. The Morgan fingerprint density at radius 2 is 2.24 bits per heavy atom. The molecule has 4 rings (SSSR count). The summed E-state index contributed by atoms with van der Waals surface area (Å²) in [6, 6.07) is 6.51. The molecule has 1 aromatic heterocycles. The molecule has 1 atom stereocenters. The number of thiazole rings is 1. The first kappa shape index (κ1) is 15.6. The van der Waals surface area contributed by atoms with Gasteiger partial charge in [0.2, 0.25) is 5.91 Å². The molecule has 128 valence electrons. The molecule has 0 radical (unpaired) electrons. The maximum atomic E-state index is 13.0. The van der Waals surface area contributed by atoms with Crippen LogP contribution in [0.2, 0.25) is 0 Å². The van der Waals surface area contributed by atoms with Crippen molar-refractivity contribution in [2.45, 2.75) is 12.0 Å². The Kier molecular flexibility index (Phi) is 3.65. The molecule has 25 heavy (non-hydrogen) atoms. The Hall–Kier alpha value is -2.94. The van der Waals surface area contributed by atoms with Gasteiger partial charge in [-0.2, -0.15) is 0 Å². The molecule has 0 bridgehead atoms. The molecular formula is C16H14N4O4S. The number of para-hydroxylation sites is 1. The molecule has 2 N–H and O–H groups in total. The molecule has 0 unspecified atom stereocenters. The van der Waals surface area contributed by atoms with Crippen LogP contribution in [-0.2, 0) is 15.1 Å². The molecular weight excluding hydrogens is 344 g/mol. The van der Waals surface area contributed by atoms with E-state index in [1.54, 1.807) is 35.8 Å². The fourth-order valence-corrected chi connectivity index (χ4v) is 3.65. The van der Waals surface area contributed by atoms with Gasteiger partial charge in [0.05, 0.1) is 6.61 Å². The van der Waals surface area contributed by atoms with Crippen molar-refractivity contribution in [3.05, 3.63) is 41.4 Å². The van der Waals surface area contributed by atoms with Gasteiger partial charge in [0.15, 0.2) is 10.7 Å². The number of aromatic nitrogens is 1. The second kappa shape index (κ2) is 5.85. The van der Waals surface area contributed by atoms with Crippen LogP contribution in [0.25, 0.3) is 0 Å². The maximum Gasteiger partial charge on any atom is 0.325 e. The highest BCUT2D eigenvalue weighted by atomic mass is 32.1. The zero-order valence-electron chi connectivity index (χ0n) is 13.0. The molecule has 2 aliphatic rings. The maximum absolute atomic E-state index is 13.0. The number of imide groups is 1. The van der Waals surface area contributed by atoms with Crippen molar-refractivity contribution in [1.82, 2.24) is 15.2 Å². The minimum absolute atomic E-state index is 0.308. The largest absolute Gasteiger partial charge is 0.493 e. The fourth-order valence-electron chi connectivity index (χ4n) is 3.10. The molecule has 4 amide bonds. The molecule has 2 aliphatic heterocycles. The predicted octanol–water partition coefficient (Wildman–Crippen LogP) is 1.31. The van der Waals surface area contributed by atoms with Crippen LogP contribution >= 0.6 is 11.3 Å². The standard InChI is InChI=1S/C16H14N4O4S/c21-12(18-14-17-6-8-25-14)9-20-13(22)16(19-15(20)23)5-7-24-11-4-2-1-3-10(11)16/h1-4,6,8H,5,7,9H2,(H,19,23)(H,17,18,21)/t16-/m1/s1. The monoisotopic (exact) mass is 358 g/mol. The zero-order chi connectivity index (χ0) is 17.4. The van der Waals surface area contributed by atoms with Crippen LogP contribution in [0.3, 0.4) is 0 Å². The van der Waals surface area contributed by atoms with Crippen molar-refractivity contribution in [2.75, 3.05) is 18.5 Å². The lowest BCUT2D eigenvalue weighted by molar-refractivity contribution is -0.135. The van der Waals surface area contributed by atoms with Crippen LogP contribution in [0, 0.1) is 0 Å². The average Bonchev–Trinajstić information content (AvgIpc) is 3.19. The third-order valence-corrected chi connectivity index (χ3v) is 4.93. The molecule has 8 nitrogen and oxygen atoms in total. The number of rotatable bonds is 3. The average molecular weight is 358 g/mol. The minimum atomic E-state index is -1.17. The van der Waals surface area contributed by atoms with Crippen molar-refractivity contribution in [3.63, 3.8) is 0 Å². The molecule has 2 aromatic rings. The number of nitrogens with zero attached hydrogens (tertiary/aromatic N) is 2. The number of carbonyl (C=O) groups excluding carboxylic acids is 3. The van der Waals surface area contributed by atoms with Crippen LogP contribution in [0.15, 0.2) is 35.8 Å². The molecule has 1 spiro atoms. The number of amides is 4. The minimum Gasteiger partial charge on any atom is -0.493 e. The van der Waals surface area contributed by atoms with E-state index in [1.807, 2.05) is 0 Å². The smallest absolute Gasteiger partial charge is 0.325 e. The van der Waals surface area contributed by atoms with Gasteiger partial charge in [-0.15, -0.1) is 11.3 Å². The Balaban J connectivity index is 1.58. The Labute approximate surface area is 146 Å².